The number of aliphatic hydroxyl groups is 1. The van der Waals surface area contributed by atoms with Crippen molar-refractivity contribution in [2.75, 3.05) is 38.3 Å². The molecule has 218 valence electrons. The van der Waals surface area contributed by atoms with E-state index in [0.717, 1.165) is 19.3 Å². The van der Waals surface area contributed by atoms with E-state index in [0.29, 0.717) is 43.7 Å². The van der Waals surface area contributed by atoms with Crippen molar-refractivity contribution >= 4 is 35.2 Å². The largest absolute Gasteiger partial charge is 0.497 e. The number of allylic oxidation sites excluding steroid dienone is 1. The summed E-state index contributed by atoms with van der Waals surface area (Å²) in [5.74, 6) is -1.18. The summed E-state index contributed by atoms with van der Waals surface area (Å²) < 4.78 is 9.82. The quantitative estimate of drug-likeness (QED) is 0.190. The summed E-state index contributed by atoms with van der Waals surface area (Å²) in [6, 6.07) is 6.57. The standard InChI is InChI=1S/C31H42N2O6S/c1-5-7-11-21-39-29(37)25-24-27(35)33(19-9-8-10-20-34)26(31(24)17-16-30(25,3)40-31)28(36)32(18-6-2)22-12-14-23(38-4)15-13-22/h5-6,12-15,24-26,34H,1-2,7-11,16-21H2,3-4H3/t24-,25+,26?,30-,31?/m0/s1. The Morgan fingerprint density at radius 3 is 2.55 bits per heavy atom. The normalized spacial score (nSPS) is 28.3. The van der Waals surface area contributed by atoms with Gasteiger partial charge >= 0.3 is 5.97 Å². The lowest BCUT2D eigenvalue weighted by molar-refractivity contribution is -0.155. The Morgan fingerprint density at radius 1 is 1.15 bits per heavy atom. The molecular formula is C31H42N2O6S. The number of esters is 1. The summed E-state index contributed by atoms with van der Waals surface area (Å²) in [4.78, 5) is 45.7. The van der Waals surface area contributed by atoms with Gasteiger partial charge in [-0.15, -0.1) is 24.9 Å². The van der Waals surface area contributed by atoms with Gasteiger partial charge in [0.1, 0.15) is 11.8 Å². The predicted octanol–water partition coefficient (Wildman–Crippen LogP) is 4.37. The average Bonchev–Trinajstić information content (AvgIpc) is 3.52. The van der Waals surface area contributed by atoms with Crippen molar-refractivity contribution < 1.29 is 29.0 Å². The van der Waals surface area contributed by atoms with Crippen LogP contribution in [-0.2, 0) is 19.1 Å². The maximum atomic E-state index is 14.6. The van der Waals surface area contributed by atoms with Crippen molar-refractivity contribution in [2.45, 2.75) is 67.4 Å². The third-order valence-corrected chi connectivity index (χ3v) is 10.6. The van der Waals surface area contributed by atoms with Crippen molar-refractivity contribution in [2.24, 2.45) is 11.8 Å². The molecule has 1 aromatic rings. The van der Waals surface area contributed by atoms with Gasteiger partial charge in [0.05, 0.1) is 30.3 Å². The first-order valence-corrected chi connectivity index (χ1v) is 15.0. The van der Waals surface area contributed by atoms with E-state index in [1.54, 1.807) is 40.8 Å². The van der Waals surface area contributed by atoms with E-state index >= 15 is 0 Å². The van der Waals surface area contributed by atoms with Crippen molar-refractivity contribution in [1.29, 1.82) is 0 Å². The van der Waals surface area contributed by atoms with Crippen molar-refractivity contribution in [3.8, 4) is 5.75 Å². The second-order valence-corrected chi connectivity index (χ2v) is 13.0. The molecule has 1 spiro atoms. The van der Waals surface area contributed by atoms with E-state index in [1.807, 2.05) is 31.2 Å². The Balaban J connectivity index is 1.70. The zero-order chi connectivity index (χ0) is 28.9. The van der Waals surface area contributed by atoms with Gasteiger partial charge in [-0.05, 0) is 76.1 Å². The summed E-state index contributed by atoms with van der Waals surface area (Å²) in [7, 11) is 1.59. The molecule has 0 aliphatic carbocycles. The number of thioether (sulfide) groups is 1. The van der Waals surface area contributed by atoms with Crippen LogP contribution in [0.25, 0.3) is 0 Å². The van der Waals surface area contributed by atoms with Gasteiger partial charge in [0, 0.05) is 30.1 Å². The fraction of sp³-hybridized carbons (Fsp3) is 0.581. The van der Waals surface area contributed by atoms with Gasteiger partial charge in [-0.3, -0.25) is 14.4 Å². The van der Waals surface area contributed by atoms with Crippen LogP contribution in [0, 0.1) is 11.8 Å². The van der Waals surface area contributed by atoms with Gasteiger partial charge in [0.2, 0.25) is 5.91 Å². The number of benzene rings is 1. The zero-order valence-corrected chi connectivity index (χ0v) is 24.5. The van der Waals surface area contributed by atoms with Crippen LogP contribution >= 0.6 is 11.8 Å². The minimum absolute atomic E-state index is 0.0847. The molecule has 8 nitrogen and oxygen atoms in total. The van der Waals surface area contributed by atoms with Crippen LogP contribution in [0.1, 0.15) is 51.9 Å². The second-order valence-electron chi connectivity index (χ2n) is 11.1. The van der Waals surface area contributed by atoms with E-state index in [-0.39, 0.29) is 37.5 Å². The van der Waals surface area contributed by atoms with Crippen LogP contribution in [0.15, 0.2) is 49.6 Å². The average molecular weight is 571 g/mol. The maximum absolute atomic E-state index is 14.6. The van der Waals surface area contributed by atoms with Gasteiger partial charge in [0.25, 0.3) is 5.91 Å². The number of nitrogens with zero attached hydrogens (tertiary/aromatic N) is 2. The lowest BCUT2D eigenvalue weighted by atomic mass is 9.66. The number of hydrogen-bond acceptors (Lipinski definition) is 7. The fourth-order valence-electron chi connectivity index (χ4n) is 6.73. The molecule has 1 N–H and O–H groups in total. The Bertz CT molecular complexity index is 1110. The van der Waals surface area contributed by atoms with E-state index < -0.39 is 27.4 Å². The van der Waals surface area contributed by atoms with E-state index in [2.05, 4.69) is 13.2 Å². The molecule has 2 amide bonds. The molecule has 2 unspecified atom stereocenters. The Hall–Kier alpha value is -2.78. The first-order chi connectivity index (χ1) is 19.3. The molecule has 5 atom stereocenters. The third-order valence-electron chi connectivity index (χ3n) is 8.58. The third kappa shape index (κ3) is 5.42. The van der Waals surface area contributed by atoms with Crippen molar-refractivity contribution in [3.63, 3.8) is 0 Å². The van der Waals surface area contributed by atoms with Gasteiger partial charge < -0.3 is 24.4 Å². The highest BCUT2D eigenvalue weighted by molar-refractivity contribution is 8.02. The minimum atomic E-state index is -0.716. The molecule has 2 bridgehead atoms. The summed E-state index contributed by atoms with van der Waals surface area (Å²) >= 11 is 1.64. The summed E-state index contributed by atoms with van der Waals surface area (Å²) in [5, 5.41) is 9.27. The molecule has 0 saturated carbocycles. The lowest BCUT2D eigenvalue weighted by Gasteiger charge is -2.37. The van der Waals surface area contributed by atoms with Crippen molar-refractivity contribution in [1.82, 2.24) is 4.90 Å². The molecule has 0 radical (unpaired) electrons. The zero-order valence-electron chi connectivity index (χ0n) is 23.7. The molecular weight excluding hydrogens is 528 g/mol. The molecule has 0 aromatic heterocycles. The van der Waals surface area contributed by atoms with E-state index in [4.69, 9.17) is 9.47 Å². The number of unbranched alkanes of at least 4 members (excludes halogenated alkanes) is 3. The maximum Gasteiger partial charge on any atom is 0.311 e. The Labute approximate surface area is 241 Å². The summed E-state index contributed by atoms with van der Waals surface area (Å²) in [5.41, 5.74) is 0.695. The van der Waals surface area contributed by atoms with Gasteiger partial charge in [-0.25, -0.2) is 0 Å². The SMILES string of the molecule is C=CCCCOC(=O)[C@H]1[C@H]2C(=O)N(CCCCCO)C(C(=O)N(CC=C)c3ccc(OC)cc3)C23CC[C@]1(C)S3. The number of aliphatic hydroxyl groups excluding tert-OH is 1. The molecule has 3 saturated heterocycles. The highest BCUT2D eigenvalue weighted by atomic mass is 32.2. The van der Waals surface area contributed by atoms with Crippen LogP contribution in [0.2, 0.25) is 0 Å². The van der Waals surface area contributed by atoms with E-state index in [1.165, 1.54) is 0 Å². The predicted molar refractivity (Wildman–Crippen MR) is 157 cm³/mol. The second kappa shape index (κ2) is 12.8. The highest BCUT2D eigenvalue weighted by Crippen LogP contribution is 2.71. The van der Waals surface area contributed by atoms with Crippen LogP contribution in [0.3, 0.4) is 0 Å². The number of ether oxygens (including phenoxy) is 2. The van der Waals surface area contributed by atoms with Gasteiger partial charge in [-0.1, -0.05) is 12.2 Å². The number of rotatable bonds is 15. The number of hydrogen-bond donors (Lipinski definition) is 1. The Kier molecular flexibility index (Phi) is 9.67. The number of methoxy groups -OCH3 is 1. The molecule has 40 heavy (non-hydrogen) atoms. The number of likely N-dealkylation sites (tertiary alicyclic amines) is 1. The molecule has 3 heterocycles. The van der Waals surface area contributed by atoms with Crippen LogP contribution in [0.5, 0.6) is 5.75 Å². The molecule has 9 heteroatoms. The van der Waals surface area contributed by atoms with Gasteiger partial charge in [-0.2, -0.15) is 0 Å². The first-order valence-electron chi connectivity index (χ1n) is 14.2. The minimum Gasteiger partial charge on any atom is -0.497 e. The summed E-state index contributed by atoms with van der Waals surface area (Å²) in [6.45, 7) is 10.7. The van der Waals surface area contributed by atoms with E-state index in [9.17, 15) is 19.5 Å². The van der Waals surface area contributed by atoms with Crippen LogP contribution in [-0.4, -0.2) is 76.7 Å². The number of carbonyl (C=O) groups excluding carboxylic acids is 3. The number of fused-ring (bicyclic) bond motifs is 1. The van der Waals surface area contributed by atoms with Crippen LogP contribution < -0.4 is 9.64 Å². The molecule has 4 rings (SSSR count). The fourth-order valence-corrected chi connectivity index (χ4v) is 9.06. The monoisotopic (exact) mass is 570 g/mol. The highest BCUT2D eigenvalue weighted by Gasteiger charge is 2.77. The molecule has 3 aliphatic heterocycles. The Morgan fingerprint density at radius 2 is 1.90 bits per heavy atom. The lowest BCUT2D eigenvalue weighted by Crippen LogP contribution is -2.55. The molecule has 1 aromatic carbocycles. The topological polar surface area (TPSA) is 96.4 Å². The number of carbonyl (C=O) groups is 3. The van der Waals surface area contributed by atoms with Gasteiger partial charge in [0.15, 0.2) is 0 Å². The van der Waals surface area contributed by atoms with Crippen molar-refractivity contribution in [3.05, 3.63) is 49.6 Å². The summed E-state index contributed by atoms with van der Waals surface area (Å²) in [6.07, 6.45) is 8.37. The smallest absolute Gasteiger partial charge is 0.311 e. The molecule has 3 aliphatic rings. The first kappa shape index (κ1) is 30.2. The molecule has 3 fully saturated rings. The number of anilines is 1. The number of amides is 2. The van der Waals surface area contributed by atoms with Crippen LogP contribution in [0.4, 0.5) is 5.69 Å².